The molecule has 0 saturated carbocycles. The number of fused-ring (bicyclic) bond motifs is 11. The van der Waals surface area contributed by atoms with Crippen LogP contribution in [0.3, 0.4) is 0 Å². The van der Waals surface area contributed by atoms with Gasteiger partial charge in [0.2, 0.25) is 0 Å². The van der Waals surface area contributed by atoms with Gasteiger partial charge < -0.3 is 19.3 Å². The third kappa shape index (κ3) is 5.59. The summed E-state index contributed by atoms with van der Waals surface area (Å²) in [7, 11) is 0. The van der Waals surface area contributed by atoms with Gasteiger partial charge in [-0.05, 0) is 109 Å². The highest BCUT2D eigenvalue weighted by molar-refractivity contribution is 6.24. The van der Waals surface area contributed by atoms with Gasteiger partial charge in [-0.3, -0.25) is 0 Å². The Balaban J connectivity index is 1.14. The Morgan fingerprint density at radius 1 is 0.355 bits per heavy atom. The third-order valence-corrected chi connectivity index (χ3v) is 13.4. The zero-order valence-corrected chi connectivity index (χ0v) is 35.3. The molecular formula is C58H46N2O2. The fourth-order valence-electron chi connectivity index (χ4n) is 10.6. The number of hydrogen-bond acceptors (Lipinski definition) is 4. The zero-order valence-electron chi connectivity index (χ0n) is 35.3. The summed E-state index contributed by atoms with van der Waals surface area (Å²) in [5.74, 6) is 2.24. The second kappa shape index (κ2) is 14.1. The minimum atomic E-state index is -0.0267. The minimum absolute atomic E-state index is 0.0267. The van der Waals surface area contributed by atoms with E-state index in [2.05, 4.69) is 220 Å². The van der Waals surface area contributed by atoms with Crippen LogP contribution in [0.1, 0.15) is 45.2 Å². The number of benzene rings is 8. The molecule has 8 aromatic rings. The van der Waals surface area contributed by atoms with E-state index in [-0.39, 0.29) is 24.0 Å². The van der Waals surface area contributed by atoms with Gasteiger partial charge in [0.05, 0.1) is 22.7 Å². The second-order valence-corrected chi connectivity index (χ2v) is 17.4. The van der Waals surface area contributed by atoms with Gasteiger partial charge in [-0.1, -0.05) is 145 Å². The van der Waals surface area contributed by atoms with E-state index in [0.29, 0.717) is 0 Å². The van der Waals surface area contributed by atoms with E-state index in [1.54, 1.807) is 0 Å². The van der Waals surface area contributed by atoms with E-state index in [1.807, 2.05) is 0 Å². The Hall–Kier alpha value is -7.30. The number of hydrogen-bond donors (Lipinski definition) is 0. The van der Waals surface area contributed by atoms with Crippen LogP contribution >= 0.6 is 0 Å². The van der Waals surface area contributed by atoms with Crippen LogP contribution in [0.15, 0.2) is 182 Å². The molecule has 0 spiro atoms. The van der Waals surface area contributed by atoms with Gasteiger partial charge in [-0.25, -0.2) is 0 Å². The number of anilines is 6. The first-order chi connectivity index (χ1) is 30.4. The van der Waals surface area contributed by atoms with Crippen LogP contribution in [0, 0.1) is 27.7 Å². The lowest BCUT2D eigenvalue weighted by Gasteiger charge is -2.32. The molecule has 0 aromatic heterocycles. The van der Waals surface area contributed by atoms with Crippen LogP contribution in [-0.4, -0.2) is 12.2 Å². The smallest absolute Gasteiger partial charge is 0.148 e. The summed E-state index contributed by atoms with van der Waals surface area (Å²) in [4.78, 5) is 4.91. The van der Waals surface area contributed by atoms with Gasteiger partial charge in [0.15, 0.2) is 0 Å². The van der Waals surface area contributed by atoms with Gasteiger partial charge in [0.1, 0.15) is 23.7 Å². The molecule has 0 amide bonds. The number of para-hydroxylation sites is 2. The van der Waals surface area contributed by atoms with Crippen molar-refractivity contribution >= 4 is 66.4 Å². The van der Waals surface area contributed by atoms with Crippen LogP contribution in [-0.2, 0) is 0 Å². The monoisotopic (exact) mass is 802 g/mol. The Kier molecular flexibility index (Phi) is 8.33. The van der Waals surface area contributed by atoms with Crippen molar-refractivity contribution in [1.29, 1.82) is 0 Å². The highest BCUT2D eigenvalue weighted by Gasteiger charge is 2.37. The molecule has 2 aliphatic heterocycles. The maximum Gasteiger partial charge on any atom is 0.148 e. The van der Waals surface area contributed by atoms with Crippen LogP contribution in [0.25, 0.3) is 32.3 Å². The fourth-order valence-corrected chi connectivity index (χ4v) is 10.6. The van der Waals surface area contributed by atoms with Crippen molar-refractivity contribution in [3.8, 4) is 11.5 Å². The van der Waals surface area contributed by atoms with Crippen LogP contribution in [0.2, 0.25) is 0 Å². The highest BCUT2D eigenvalue weighted by Crippen LogP contribution is 2.55. The van der Waals surface area contributed by atoms with Crippen LogP contribution in [0.4, 0.5) is 34.1 Å². The number of ether oxygens (including phenoxy) is 2. The molecule has 2 aliphatic carbocycles. The van der Waals surface area contributed by atoms with E-state index in [0.717, 1.165) is 45.6 Å². The molecule has 4 aliphatic rings. The number of allylic oxidation sites excluding steroid dienone is 4. The lowest BCUT2D eigenvalue weighted by molar-refractivity contribution is 0.269. The molecule has 2 heterocycles. The summed E-state index contributed by atoms with van der Waals surface area (Å²) >= 11 is 0. The first-order valence-electron chi connectivity index (χ1n) is 21.8. The molecule has 0 fully saturated rings. The van der Waals surface area contributed by atoms with Crippen molar-refractivity contribution in [3.05, 3.63) is 215 Å². The van der Waals surface area contributed by atoms with Crippen LogP contribution < -0.4 is 19.3 Å². The number of aryl methyl sites for hydroxylation is 4. The van der Waals surface area contributed by atoms with E-state index < -0.39 is 0 Å². The summed E-state index contributed by atoms with van der Waals surface area (Å²) in [6.07, 6.45) is 17.4. The average molecular weight is 803 g/mol. The molecule has 8 aromatic carbocycles. The summed E-state index contributed by atoms with van der Waals surface area (Å²) in [5, 5.41) is 7.09. The molecule has 0 N–H and O–H groups in total. The van der Waals surface area contributed by atoms with Gasteiger partial charge in [-0.2, -0.15) is 0 Å². The average Bonchev–Trinajstić information content (AvgIpc) is 3.88. The lowest BCUT2D eigenvalue weighted by Crippen LogP contribution is -2.17. The van der Waals surface area contributed by atoms with Crippen LogP contribution in [0.5, 0.6) is 11.5 Å². The molecule has 0 saturated heterocycles. The SMILES string of the molecule is Cc1ccc(N(c2cccc3c2OC2C=CC=CC32)c2cc3c4ccccc4c(N(c4ccc(C)cc4C)c4cccc5c4OC4C=CC=CC54)cc3c3ccccc23)c(C)c1. The molecule has 300 valence electrons. The quantitative estimate of drug-likeness (QED) is 0.156. The van der Waals surface area contributed by atoms with Crippen molar-refractivity contribution in [2.45, 2.75) is 51.7 Å². The van der Waals surface area contributed by atoms with Gasteiger partial charge in [0.25, 0.3) is 0 Å². The summed E-state index contributed by atoms with van der Waals surface area (Å²) in [5.41, 5.74) is 13.9. The fraction of sp³-hybridized carbons (Fsp3) is 0.138. The zero-order chi connectivity index (χ0) is 41.6. The van der Waals surface area contributed by atoms with Gasteiger partial charge in [0, 0.05) is 45.1 Å². The van der Waals surface area contributed by atoms with E-state index in [4.69, 9.17) is 9.47 Å². The van der Waals surface area contributed by atoms with E-state index in [1.165, 1.54) is 65.7 Å². The molecule has 12 rings (SSSR count). The normalized spacial score (nSPS) is 19.0. The number of rotatable bonds is 6. The Labute approximate surface area is 363 Å². The topological polar surface area (TPSA) is 24.9 Å². The van der Waals surface area contributed by atoms with Gasteiger partial charge >= 0.3 is 0 Å². The summed E-state index contributed by atoms with van der Waals surface area (Å²) in [6, 6.07) is 49.6. The molecule has 4 nitrogen and oxygen atoms in total. The Morgan fingerprint density at radius 3 is 1.21 bits per heavy atom. The van der Waals surface area contributed by atoms with Crippen molar-refractivity contribution in [3.63, 3.8) is 0 Å². The lowest BCUT2D eigenvalue weighted by atomic mass is 9.91. The van der Waals surface area contributed by atoms with E-state index >= 15 is 0 Å². The van der Waals surface area contributed by atoms with Gasteiger partial charge in [-0.15, -0.1) is 0 Å². The molecule has 62 heavy (non-hydrogen) atoms. The molecule has 4 heteroatoms. The summed E-state index contributed by atoms with van der Waals surface area (Å²) in [6.45, 7) is 8.79. The van der Waals surface area contributed by atoms with Crippen molar-refractivity contribution in [2.75, 3.05) is 9.80 Å². The van der Waals surface area contributed by atoms with E-state index in [9.17, 15) is 0 Å². The standard InChI is InChI=1S/C58H46N2O2/c1-35-27-29-49(37(3)31-35)59(51-23-13-21-45-43-19-9-11-25-55(43)61-57(45)51)53-33-47-40-16-6-8-18-42(40)54(34-48(47)39-15-5-7-17-41(39)53)60(50-30-28-36(2)32-38(50)4)52-24-14-22-46-44-20-10-12-26-56(44)62-58(46)52/h5-34,43-44,55-56H,1-4H3. The second-order valence-electron chi connectivity index (χ2n) is 17.4. The maximum atomic E-state index is 6.90. The minimum Gasteiger partial charge on any atom is -0.483 e. The largest absolute Gasteiger partial charge is 0.483 e. The first kappa shape index (κ1) is 36.5. The molecule has 4 unspecified atom stereocenters. The highest BCUT2D eigenvalue weighted by atomic mass is 16.5. The third-order valence-electron chi connectivity index (χ3n) is 13.4. The molecular weight excluding hydrogens is 757 g/mol. The predicted octanol–water partition coefficient (Wildman–Crippen LogP) is 15.3. The molecule has 0 radical (unpaired) electrons. The number of nitrogens with zero attached hydrogens (tertiary/aromatic N) is 2. The van der Waals surface area contributed by atoms with Crippen molar-refractivity contribution < 1.29 is 9.47 Å². The van der Waals surface area contributed by atoms with Crippen molar-refractivity contribution in [1.82, 2.24) is 0 Å². The molecule has 0 bridgehead atoms. The summed E-state index contributed by atoms with van der Waals surface area (Å²) < 4.78 is 13.8. The van der Waals surface area contributed by atoms with Crippen molar-refractivity contribution in [2.24, 2.45) is 0 Å². The maximum absolute atomic E-state index is 6.90. The Morgan fingerprint density at radius 2 is 0.774 bits per heavy atom. The Bertz CT molecular complexity index is 3080. The first-order valence-corrected chi connectivity index (χ1v) is 21.8. The molecule has 4 atom stereocenters. The predicted molar refractivity (Wildman–Crippen MR) is 258 cm³/mol.